The molecule has 2 aromatic carbocycles. The number of alkyl halides is 2. The van der Waals surface area contributed by atoms with Crippen molar-refractivity contribution >= 4 is 33.2 Å². The highest BCUT2D eigenvalue weighted by Crippen LogP contribution is 2.32. The Hall–Kier alpha value is -3.01. The number of ether oxygens (including phenoxy) is 2. The van der Waals surface area contributed by atoms with E-state index in [1.165, 1.54) is 24.5 Å². The van der Waals surface area contributed by atoms with Gasteiger partial charge in [0.2, 0.25) is 0 Å². The fraction of sp³-hybridized carbons (Fsp3) is 0.217. The average Bonchev–Trinajstić information content (AvgIpc) is 3.19. The van der Waals surface area contributed by atoms with Crippen molar-refractivity contribution in [2.75, 3.05) is 14.2 Å². The number of aromatic amines is 1. The zero-order chi connectivity index (χ0) is 23.5. The number of rotatable bonds is 8. The van der Waals surface area contributed by atoms with Gasteiger partial charge in [-0.3, -0.25) is 9.69 Å². The topological polar surface area (TPSA) is 67.5 Å². The molecule has 10 heteroatoms. The number of halogens is 3. The fourth-order valence-corrected chi connectivity index (χ4v) is 4.63. The minimum absolute atomic E-state index is 0.0236. The number of aromatic nitrogens is 2. The maximum absolute atomic E-state index is 12.8. The van der Waals surface area contributed by atoms with E-state index in [1.807, 2.05) is 29.5 Å². The van der Waals surface area contributed by atoms with Crippen molar-refractivity contribution in [2.45, 2.75) is 19.7 Å². The Labute approximate surface area is 197 Å². The van der Waals surface area contributed by atoms with Crippen LogP contribution in [0.2, 0.25) is 5.02 Å². The van der Waals surface area contributed by atoms with Crippen molar-refractivity contribution in [3.05, 3.63) is 74.6 Å². The molecule has 0 spiro atoms. The molecule has 2 heterocycles. The van der Waals surface area contributed by atoms with E-state index in [0.717, 1.165) is 16.7 Å². The highest BCUT2D eigenvalue weighted by atomic mass is 35.5. The molecule has 6 nitrogen and oxygen atoms in total. The molecule has 4 aromatic rings. The van der Waals surface area contributed by atoms with Crippen molar-refractivity contribution in [3.8, 4) is 22.6 Å². The molecule has 33 heavy (non-hydrogen) atoms. The zero-order valence-electron chi connectivity index (χ0n) is 17.8. The van der Waals surface area contributed by atoms with Gasteiger partial charge in [-0.25, -0.2) is 4.98 Å². The molecular weight excluding hydrogens is 472 g/mol. The number of nitrogens with one attached hydrogen (secondary N) is 1. The number of hydrogen-bond acceptors (Lipinski definition) is 6. The molecule has 0 aliphatic rings. The maximum Gasteiger partial charge on any atom is 0.387 e. The van der Waals surface area contributed by atoms with Crippen LogP contribution in [-0.4, -0.2) is 35.6 Å². The van der Waals surface area contributed by atoms with Crippen molar-refractivity contribution in [3.63, 3.8) is 0 Å². The van der Waals surface area contributed by atoms with Crippen molar-refractivity contribution in [2.24, 2.45) is 0 Å². The average molecular weight is 492 g/mol. The predicted molar refractivity (Wildman–Crippen MR) is 125 cm³/mol. The Morgan fingerprint density at radius 1 is 1.15 bits per heavy atom. The summed E-state index contributed by atoms with van der Waals surface area (Å²) in [7, 11) is 3.26. The molecule has 0 saturated heterocycles. The van der Waals surface area contributed by atoms with Gasteiger partial charge < -0.3 is 14.5 Å². The van der Waals surface area contributed by atoms with Crippen molar-refractivity contribution in [1.82, 2.24) is 14.9 Å². The smallest absolute Gasteiger partial charge is 0.387 e. The van der Waals surface area contributed by atoms with Gasteiger partial charge in [-0.1, -0.05) is 29.8 Å². The molecule has 0 amide bonds. The summed E-state index contributed by atoms with van der Waals surface area (Å²) in [5, 5.41) is 3.09. The Kier molecular flexibility index (Phi) is 6.92. The number of H-pyrrole nitrogens is 1. The minimum atomic E-state index is -2.93. The fourth-order valence-electron chi connectivity index (χ4n) is 3.54. The highest BCUT2D eigenvalue weighted by molar-refractivity contribution is 7.17. The summed E-state index contributed by atoms with van der Waals surface area (Å²) in [6.07, 6.45) is 0. The number of benzene rings is 2. The first-order valence-corrected chi connectivity index (χ1v) is 11.2. The Morgan fingerprint density at radius 2 is 1.91 bits per heavy atom. The van der Waals surface area contributed by atoms with E-state index in [-0.39, 0.29) is 17.1 Å². The van der Waals surface area contributed by atoms with Crippen molar-refractivity contribution in [1.29, 1.82) is 0 Å². The Balaban J connectivity index is 1.52. The van der Waals surface area contributed by atoms with Gasteiger partial charge in [0.25, 0.3) is 5.56 Å². The van der Waals surface area contributed by atoms with Gasteiger partial charge in [-0.2, -0.15) is 8.78 Å². The lowest BCUT2D eigenvalue weighted by Gasteiger charge is -2.17. The van der Waals surface area contributed by atoms with E-state index in [0.29, 0.717) is 34.2 Å². The van der Waals surface area contributed by atoms with Crippen LogP contribution in [0.4, 0.5) is 8.78 Å². The van der Waals surface area contributed by atoms with Crippen LogP contribution in [0.25, 0.3) is 21.3 Å². The van der Waals surface area contributed by atoms with Gasteiger partial charge in [-0.15, -0.1) is 11.3 Å². The largest absolute Gasteiger partial charge is 0.493 e. The third-order valence-electron chi connectivity index (χ3n) is 4.96. The molecule has 0 unspecified atom stereocenters. The van der Waals surface area contributed by atoms with Crippen LogP contribution < -0.4 is 15.0 Å². The first-order chi connectivity index (χ1) is 15.8. The number of nitrogens with zero attached hydrogens (tertiary/aromatic N) is 2. The summed E-state index contributed by atoms with van der Waals surface area (Å²) < 4.78 is 34.7. The highest BCUT2D eigenvalue weighted by Gasteiger charge is 2.15. The van der Waals surface area contributed by atoms with Crippen molar-refractivity contribution < 1.29 is 18.3 Å². The third kappa shape index (κ3) is 5.32. The normalized spacial score (nSPS) is 11.5. The Bertz CT molecular complexity index is 1330. The molecule has 172 valence electrons. The number of fused-ring (bicyclic) bond motifs is 1. The summed E-state index contributed by atoms with van der Waals surface area (Å²) in [6, 6.07) is 12.1. The molecule has 0 aliphatic carbocycles. The first kappa shape index (κ1) is 23.2. The van der Waals surface area contributed by atoms with Crippen LogP contribution in [0.15, 0.2) is 52.6 Å². The molecule has 0 bridgehead atoms. The molecule has 2 aromatic heterocycles. The van der Waals surface area contributed by atoms with Gasteiger partial charge in [-0.05, 0) is 42.4 Å². The molecule has 0 saturated carbocycles. The number of methoxy groups -OCH3 is 1. The van der Waals surface area contributed by atoms with E-state index in [2.05, 4.69) is 14.7 Å². The van der Waals surface area contributed by atoms with E-state index in [9.17, 15) is 13.6 Å². The quantitative estimate of drug-likeness (QED) is 0.350. The van der Waals surface area contributed by atoms with E-state index >= 15 is 0 Å². The van der Waals surface area contributed by atoms with E-state index in [1.54, 1.807) is 24.3 Å². The van der Waals surface area contributed by atoms with E-state index < -0.39 is 6.61 Å². The molecular formula is C23H20ClF2N3O3S. The second-order valence-corrected chi connectivity index (χ2v) is 8.68. The second-order valence-electron chi connectivity index (χ2n) is 7.39. The lowest BCUT2D eigenvalue weighted by atomic mass is 10.1. The van der Waals surface area contributed by atoms with Gasteiger partial charge >= 0.3 is 6.61 Å². The summed E-state index contributed by atoms with van der Waals surface area (Å²) in [5.41, 5.74) is 2.35. The monoisotopic (exact) mass is 491 g/mol. The summed E-state index contributed by atoms with van der Waals surface area (Å²) in [5.74, 6) is 0.733. The summed E-state index contributed by atoms with van der Waals surface area (Å²) >= 11 is 7.38. The standard InChI is InChI=1S/C23H20ClF2N3O3S/c1-29(10-13-3-8-17(32-23(25)26)18(9-13)31-2)11-19-27-21(30)20-16(12-33-22(20)28-19)14-4-6-15(24)7-5-14/h3-9,12,23H,10-11H2,1-2H3,(H,27,28,30). The second kappa shape index (κ2) is 9.86. The summed E-state index contributed by atoms with van der Waals surface area (Å²) in [6.45, 7) is -2.06. The zero-order valence-corrected chi connectivity index (χ0v) is 19.3. The number of thiophene rings is 1. The molecule has 0 atom stereocenters. The maximum atomic E-state index is 12.8. The van der Waals surface area contributed by atoms with Gasteiger partial charge in [0.1, 0.15) is 10.7 Å². The van der Waals surface area contributed by atoms with Crippen LogP contribution in [0, 0.1) is 0 Å². The molecule has 1 N–H and O–H groups in total. The number of hydrogen-bond donors (Lipinski definition) is 1. The van der Waals surface area contributed by atoms with Gasteiger partial charge in [0.15, 0.2) is 11.5 Å². The van der Waals surface area contributed by atoms with Gasteiger partial charge in [0.05, 0.1) is 19.0 Å². The van der Waals surface area contributed by atoms with Crippen LogP contribution in [-0.2, 0) is 13.1 Å². The lowest BCUT2D eigenvalue weighted by Crippen LogP contribution is -2.21. The predicted octanol–water partition coefficient (Wildman–Crippen LogP) is 5.55. The minimum Gasteiger partial charge on any atom is -0.493 e. The molecule has 4 rings (SSSR count). The molecule has 0 aliphatic heterocycles. The Morgan fingerprint density at radius 3 is 2.61 bits per heavy atom. The first-order valence-electron chi connectivity index (χ1n) is 9.90. The molecule has 0 fully saturated rings. The van der Waals surface area contributed by atoms with Crippen LogP contribution in [0.1, 0.15) is 11.4 Å². The molecule has 0 radical (unpaired) electrons. The van der Waals surface area contributed by atoms with Crippen LogP contribution in [0.5, 0.6) is 11.5 Å². The summed E-state index contributed by atoms with van der Waals surface area (Å²) in [4.78, 5) is 22.9. The third-order valence-corrected chi connectivity index (χ3v) is 6.09. The van der Waals surface area contributed by atoms with Gasteiger partial charge in [0, 0.05) is 22.5 Å². The van der Waals surface area contributed by atoms with Crippen LogP contribution >= 0.6 is 22.9 Å². The SMILES string of the molecule is COc1cc(CN(C)Cc2nc3scc(-c4ccc(Cl)cc4)c3c(=O)[nH]2)ccc1OC(F)F. The van der Waals surface area contributed by atoms with Crippen LogP contribution in [0.3, 0.4) is 0 Å². The lowest BCUT2D eigenvalue weighted by molar-refractivity contribution is -0.0512. The van der Waals surface area contributed by atoms with E-state index in [4.69, 9.17) is 16.3 Å².